The number of aliphatic hydroxyl groups is 2. The lowest BCUT2D eigenvalue weighted by Gasteiger charge is -2.28. The van der Waals surface area contributed by atoms with Gasteiger partial charge in [-0.15, -0.1) is 0 Å². The number of rotatable bonds is 11. The molecule has 0 fully saturated rings. The van der Waals surface area contributed by atoms with Crippen LogP contribution in [0.25, 0.3) is 0 Å². The third-order valence-electron chi connectivity index (χ3n) is 4.65. The highest BCUT2D eigenvalue weighted by Gasteiger charge is 2.29. The third-order valence-corrected chi connectivity index (χ3v) is 5.18. The molecule has 1 amide bonds. The van der Waals surface area contributed by atoms with Crippen LogP contribution in [0.1, 0.15) is 18.1 Å². The number of nitrogens with one attached hydrogen (secondary N) is 1. The van der Waals surface area contributed by atoms with Crippen LogP contribution in [-0.4, -0.2) is 42.2 Å². The zero-order chi connectivity index (χ0) is 23.5. The molecule has 0 aliphatic heterocycles. The third kappa shape index (κ3) is 7.78. The zero-order valence-electron chi connectivity index (χ0n) is 17.9. The number of carbonyl (C=O) groups excluding carboxylic acids is 1. The average molecular weight is 516 g/mol. The van der Waals surface area contributed by atoms with Gasteiger partial charge in [-0.2, -0.15) is 0 Å². The van der Waals surface area contributed by atoms with Gasteiger partial charge in [0.15, 0.2) is 6.10 Å². The van der Waals surface area contributed by atoms with Crippen molar-refractivity contribution in [3.05, 3.63) is 88.9 Å². The second-order valence-electron chi connectivity index (χ2n) is 7.08. The van der Waals surface area contributed by atoms with E-state index in [1.807, 2.05) is 30.3 Å². The van der Waals surface area contributed by atoms with Gasteiger partial charge in [-0.25, -0.2) is 4.79 Å². The Kier molecular flexibility index (Phi) is 9.56. The number of anilines is 1. The highest BCUT2D eigenvalue weighted by Crippen LogP contribution is 2.30. The maximum atomic E-state index is 12.8. The van der Waals surface area contributed by atoms with Crippen molar-refractivity contribution in [1.82, 2.24) is 0 Å². The number of halogens is 1. The first-order valence-corrected chi connectivity index (χ1v) is 11.3. The summed E-state index contributed by atoms with van der Waals surface area (Å²) >= 11 is 3.36. The molecule has 174 valence electrons. The molecule has 0 aliphatic rings. The van der Waals surface area contributed by atoms with Crippen molar-refractivity contribution in [3.63, 3.8) is 0 Å². The van der Waals surface area contributed by atoms with Crippen LogP contribution in [0.3, 0.4) is 0 Å². The van der Waals surface area contributed by atoms with E-state index in [4.69, 9.17) is 19.3 Å². The molecule has 0 spiro atoms. The first kappa shape index (κ1) is 24.6. The van der Waals surface area contributed by atoms with Crippen LogP contribution in [0.4, 0.5) is 10.5 Å². The van der Waals surface area contributed by atoms with Crippen LogP contribution in [0, 0.1) is 0 Å². The Balaban J connectivity index is 1.86. The molecule has 3 aromatic rings. The molecule has 0 unspecified atom stereocenters. The molecule has 0 radical (unpaired) electrons. The minimum atomic E-state index is -0.842. The first-order chi connectivity index (χ1) is 16.1. The second kappa shape index (κ2) is 12.8. The van der Waals surface area contributed by atoms with Gasteiger partial charge in [0.05, 0.1) is 6.61 Å². The fraction of sp³-hybridized carbons (Fsp3) is 0.240. The molecular formula is C25H26BrNO6. The van der Waals surface area contributed by atoms with Crippen molar-refractivity contribution in [2.24, 2.45) is 0 Å². The van der Waals surface area contributed by atoms with Crippen LogP contribution in [0.5, 0.6) is 11.5 Å². The van der Waals surface area contributed by atoms with Crippen LogP contribution in [0.15, 0.2) is 83.3 Å². The number of amides is 1. The fourth-order valence-electron chi connectivity index (χ4n) is 3.17. The number of benzene rings is 3. The van der Waals surface area contributed by atoms with E-state index in [-0.39, 0.29) is 26.2 Å². The molecule has 0 heterocycles. The molecule has 0 saturated carbocycles. The van der Waals surface area contributed by atoms with E-state index in [9.17, 15) is 9.90 Å². The number of hydrogen-bond acceptors (Lipinski definition) is 6. The van der Waals surface area contributed by atoms with E-state index in [1.165, 1.54) is 0 Å². The van der Waals surface area contributed by atoms with Crippen molar-refractivity contribution < 1.29 is 29.2 Å². The van der Waals surface area contributed by atoms with Gasteiger partial charge >= 0.3 is 6.09 Å². The fourth-order valence-corrected chi connectivity index (χ4v) is 3.44. The second-order valence-corrected chi connectivity index (χ2v) is 8.00. The summed E-state index contributed by atoms with van der Waals surface area (Å²) in [6.45, 7) is -0.143. The summed E-state index contributed by atoms with van der Waals surface area (Å²) < 4.78 is 18.3. The van der Waals surface area contributed by atoms with Crippen LogP contribution in [-0.2, 0) is 4.74 Å². The maximum Gasteiger partial charge on any atom is 0.412 e. The summed E-state index contributed by atoms with van der Waals surface area (Å²) in [4.78, 5) is 12.8. The molecule has 3 aromatic carbocycles. The average Bonchev–Trinajstić information content (AvgIpc) is 2.83. The smallest absolute Gasteiger partial charge is 0.412 e. The summed E-state index contributed by atoms with van der Waals surface area (Å²) in [5.74, 6) is 1.11. The Morgan fingerprint density at radius 3 is 2.33 bits per heavy atom. The van der Waals surface area contributed by atoms with Gasteiger partial charge < -0.3 is 24.4 Å². The van der Waals surface area contributed by atoms with Crippen molar-refractivity contribution >= 4 is 27.7 Å². The number of aliphatic hydroxyl groups excluding tert-OH is 2. The SMILES string of the molecule is O=C(Nc1ccc(Br)cc1)O[C@@H](c1cccc(OCCO)c1)[C@H](CCO)Oc1ccccc1. The van der Waals surface area contributed by atoms with E-state index >= 15 is 0 Å². The summed E-state index contributed by atoms with van der Waals surface area (Å²) in [5.41, 5.74) is 1.20. The lowest BCUT2D eigenvalue weighted by Crippen LogP contribution is -2.31. The summed E-state index contributed by atoms with van der Waals surface area (Å²) in [7, 11) is 0. The van der Waals surface area contributed by atoms with Gasteiger partial charge in [0.25, 0.3) is 0 Å². The summed E-state index contributed by atoms with van der Waals surface area (Å²) in [6, 6.07) is 23.3. The Morgan fingerprint density at radius 2 is 1.64 bits per heavy atom. The number of hydrogen-bond donors (Lipinski definition) is 3. The lowest BCUT2D eigenvalue weighted by molar-refractivity contribution is 0.00897. The highest BCUT2D eigenvalue weighted by atomic mass is 79.9. The van der Waals surface area contributed by atoms with Crippen LogP contribution >= 0.6 is 15.9 Å². The van der Waals surface area contributed by atoms with Gasteiger partial charge in [-0.1, -0.05) is 46.3 Å². The standard InChI is InChI=1S/C25H26BrNO6/c26-19-9-11-20(12-10-19)27-25(30)33-24(18-5-4-8-22(17-18)31-16-15-29)23(13-14-28)32-21-6-2-1-3-7-21/h1-12,17,23-24,28-29H,13-16H2,(H,27,30)/t23-,24-/m0/s1. The maximum absolute atomic E-state index is 12.8. The van der Waals surface area contributed by atoms with E-state index in [0.717, 1.165) is 4.47 Å². The Bertz CT molecular complexity index is 999. The van der Waals surface area contributed by atoms with Gasteiger partial charge in [-0.05, 0) is 54.1 Å². The summed E-state index contributed by atoms with van der Waals surface area (Å²) in [6.07, 6.45) is -1.94. The zero-order valence-corrected chi connectivity index (χ0v) is 19.5. The van der Waals surface area contributed by atoms with Crippen molar-refractivity contribution in [1.29, 1.82) is 0 Å². The molecular weight excluding hydrogens is 490 g/mol. The molecule has 0 bridgehead atoms. The Morgan fingerprint density at radius 1 is 0.909 bits per heavy atom. The Hall–Kier alpha value is -3.07. The van der Waals surface area contributed by atoms with Crippen molar-refractivity contribution in [2.75, 3.05) is 25.1 Å². The monoisotopic (exact) mass is 515 g/mol. The molecule has 0 saturated heterocycles. The highest BCUT2D eigenvalue weighted by molar-refractivity contribution is 9.10. The molecule has 8 heteroatoms. The van der Waals surface area contributed by atoms with Crippen LogP contribution in [0.2, 0.25) is 0 Å². The molecule has 2 atom stereocenters. The largest absolute Gasteiger partial charge is 0.491 e. The number of carbonyl (C=O) groups is 1. The minimum Gasteiger partial charge on any atom is -0.491 e. The Labute approximate surface area is 201 Å². The predicted molar refractivity (Wildman–Crippen MR) is 129 cm³/mol. The number of para-hydroxylation sites is 1. The first-order valence-electron chi connectivity index (χ1n) is 10.5. The molecule has 33 heavy (non-hydrogen) atoms. The van der Waals surface area contributed by atoms with Gasteiger partial charge in [0, 0.05) is 23.2 Å². The topological polar surface area (TPSA) is 97.3 Å². The van der Waals surface area contributed by atoms with E-state index in [1.54, 1.807) is 48.5 Å². The molecule has 0 aliphatic carbocycles. The molecule has 3 N–H and O–H groups in total. The van der Waals surface area contributed by atoms with E-state index < -0.39 is 18.3 Å². The van der Waals surface area contributed by atoms with Crippen LogP contribution < -0.4 is 14.8 Å². The molecule has 0 aromatic heterocycles. The van der Waals surface area contributed by atoms with Crippen molar-refractivity contribution in [3.8, 4) is 11.5 Å². The van der Waals surface area contributed by atoms with Gasteiger partial charge in [0.2, 0.25) is 0 Å². The van der Waals surface area contributed by atoms with Gasteiger partial charge in [-0.3, -0.25) is 5.32 Å². The van der Waals surface area contributed by atoms with Gasteiger partial charge in [0.1, 0.15) is 24.2 Å². The van der Waals surface area contributed by atoms with Crippen molar-refractivity contribution in [2.45, 2.75) is 18.6 Å². The molecule has 7 nitrogen and oxygen atoms in total. The normalized spacial score (nSPS) is 12.5. The number of ether oxygens (including phenoxy) is 3. The lowest BCUT2D eigenvalue weighted by atomic mass is 10.0. The minimum absolute atomic E-state index is 0.121. The predicted octanol–water partition coefficient (Wildman–Crippen LogP) is 4.94. The quantitative estimate of drug-likeness (QED) is 0.334. The van der Waals surface area contributed by atoms with E-state index in [0.29, 0.717) is 22.7 Å². The molecule has 3 rings (SSSR count). The van der Waals surface area contributed by atoms with E-state index in [2.05, 4.69) is 21.2 Å². The summed E-state index contributed by atoms with van der Waals surface area (Å²) in [5, 5.41) is 21.4.